The zero-order valence-electron chi connectivity index (χ0n) is 13.2. The molecule has 2 rings (SSSR count). The molecule has 1 fully saturated rings. The second kappa shape index (κ2) is 6.94. The molecule has 0 bridgehead atoms. The molecule has 3 N–H and O–H groups in total. The van der Waals surface area contributed by atoms with Gasteiger partial charge in [0.05, 0.1) is 18.1 Å². The number of anilines is 1. The lowest BCUT2D eigenvalue weighted by Gasteiger charge is -2.18. The van der Waals surface area contributed by atoms with Crippen LogP contribution in [0.3, 0.4) is 0 Å². The normalized spacial score (nSPS) is 16.1. The van der Waals surface area contributed by atoms with Crippen LogP contribution in [-0.4, -0.2) is 54.1 Å². The number of aliphatic hydroxyl groups is 2. The molecule has 0 unspecified atom stereocenters. The lowest BCUT2D eigenvalue weighted by atomic mass is 10.2. The monoisotopic (exact) mass is 341 g/mol. The Hall–Kier alpha value is -1.51. The van der Waals surface area contributed by atoms with E-state index < -0.39 is 14.6 Å². The summed E-state index contributed by atoms with van der Waals surface area (Å²) in [5.74, 6) is 0.812. The lowest BCUT2D eigenvalue weighted by molar-refractivity contribution is 0.295. The van der Waals surface area contributed by atoms with Crippen LogP contribution in [0.5, 0.6) is 0 Å². The molecule has 8 heteroatoms. The molecule has 0 amide bonds. The van der Waals surface area contributed by atoms with Gasteiger partial charge in [-0.15, -0.1) is 0 Å². The molecular weight excluding hydrogens is 318 g/mol. The average Bonchev–Trinajstić information content (AvgIpc) is 3.33. The summed E-state index contributed by atoms with van der Waals surface area (Å²) in [7, 11) is -3.40. The number of rotatable bonds is 9. The summed E-state index contributed by atoms with van der Waals surface area (Å²) in [6.07, 6.45) is 1.26. The summed E-state index contributed by atoms with van der Waals surface area (Å²) in [4.78, 5) is 8.68. The summed E-state index contributed by atoms with van der Waals surface area (Å²) in [6.45, 7) is 5.68. The predicted octanol–water partition coefficient (Wildman–Crippen LogP) is 0.700. The van der Waals surface area contributed by atoms with Crippen molar-refractivity contribution >= 4 is 21.2 Å². The zero-order chi connectivity index (χ0) is 17.1. The molecule has 1 aliphatic rings. The maximum absolute atomic E-state index is 12.6. The topological polar surface area (TPSA) is 112 Å². The maximum Gasteiger partial charge on any atom is 0.161 e. The van der Waals surface area contributed by atoms with Crippen LogP contribution in [0.4, 0.5) is 5.82 Å². The summed E-state index contributed by atoms with van der Waals surface area (Å²) in [5, 5.41) is 20.8. The average molecular weight is 341 g/mol. The van der Waals surface area contributed by atoms with Gasteiger partial charge >= 0.3 is 0 Å². The molecule has 1 heterocycles. The molecule has 0 atom stereocenters. The van der Waals surface area contributed by atoms with Crippen molar-refractivity contribution in [3.05, 3.63) is 24.2 Å². The Labute approximate surface area is 136 Å². The molecule has 1 aromatic heterocycles. The van der Waals surface area contributed by atoms with Crippen molar-refractivity contribution in [3.63, 3.8) is 0 Å². The van der Waals surface area contributed by atoms with Crippen molar-refractivity contribution in [3.8, 4) is 0 Å². The number of aliphatic hydroxyl groups excluding tert-OH is 2. The Kier molecular flexibility index (Phi) is 5.38. The third kappa shape index (κ3) is 3.70. The first-order chi connectivity index (χ1) is 10.9. The molecule has 1 aromatic rings. The highest BCUT2D eigenvalue weighted by Gasteiger charge is 2.56. The van der Waals surface area contributed by atoms with E-state index in [-0.39, 0.29) is 25.4 Å². The fourth-order valence-corrected chi connectivity index (χ4v) is 4.48. The number of nitrogens with one attached hydrogen (secondary N) is 1. The van der Waals surface area contributed by atoms with E-state index in [0.717, 1.165) is 0 Å². The SMILES string of the molecule is C=C(C)c1nc(NCCO)cc(C2(S(=O)(=O)CCCO)CC2)n1. The number of hydrogen-bond donors (Lipinski definition) is 3. The number of hydrogen-bond acceptors (Lipinski definition) is 7. The van der Waals surface area contributed by atoms with Crippen LogP contribution >= 0.6 is 0 Å². The summed E-state index contributed by atoms with van der Waals surface area (Å²) < 4.78 is 24.3. The van der Waals surface area contributed by atoms with E-state index >= 15 is 0 Å². The molecule has 0 saturated heterocycles. The van der Waals surface area contributed by atoms with E-state index in [9.17, 15) is 8.42 Å². The van der Waals surface area contributed by atoms with Crippen molar-refractivity contribution in [1.82, 2.24) is 9.97 Å². The van der Waals surface area contributed by atoms with Gasteiger partial charge in [0.25, 0.3) is 0 Å². The first-order valence-electron chi connectivity index (χ1n) is 7.59. The smallest absolute Gasteiger partial charge is 0.161 e. The highest BCUT2D eigenvalue weighted by Crippen LogP contribution is 2.53. The fourth-order valence-electron chi connectivity index (χ4n) is 2.44. The first kappa shape index (κ1) is 17.8. The Balaban J connectivity index is 2.41. The van der Waals surface area contributed by atoms with Gasteiger partial charge in [-0.25, -0.2) is 18.4 Å². The Morgan fingerprint density at radius 1 is 1.35 bits per heavy atom. The van der Waals surface area contributed by atoms with Gasteiger partial charge in [0.15, 0.2) is 15.7 Å². The van der Waals surface area contributed by atoms with Gasteiger partial charge in [-0.2, -0.15) is 0 Å². The molecule has 0 aromatic carbocycles. The van der Waals surface area contributed by atoms with Gasteiger partial charge in [0.2, 0.25) is 0 Å². The number of sulfone groups is 1. The third-order valence-electron chi connectivity index (χ3n) is 3.86. The largest absolute Gasteiger partial charge is 0.396 e. The minimum Gasteiger partial charge on any atom is -0.396 e. The summed E-state index contributed by atoms with van der Waals surface area (Å²) >= 11 is 0. The van der Waals surface area contributed by atoms with Crippen LogP contribution in [0.25, 0.3) is 5.57 Å². The van der Waals surface area contributed by atoms with Crippen LogP contribution in [0, 0.1) is 0 Å². The minimum atomic E-state index is -3.40. The lowest BCUT2D eigenvalue weighted by Crippen LogP contribution is -2.26. The molecule has 0 aliphatic heterocycles. The van der Waals surface area contributed by atoms with Crippen molar-refractivity contribution in [1.29, 1.82) is 0 Å². The fraction of sp³-hybridized carbons (Fsp3) is 0.600. The van der Waals surface area contributed by atoms with Crippen LogP contribution in [0.15, 0.2) is 12.6 Å². The number of nitrogens with zero attached hydrogens (tertiary/aromatic N) is 2. The minimum absolute atomic E-state index is 0.0539. The molecule has 128 valence electrons. The molecule has 1 saturated carbocycles. The molecule has 0 spiro atoms. The highest BCUT2D eigenvalue weighted by atomic mass is 32.2. The van der Waals surface area contributed by atoms with Gasteiger partial charge < -0.3 is 15.5 Å². The molecule has 23 heavy (non-hydrogen) atoms. The Morgan fingerprint density at radius 2 is 2.04 bits per heavy atom. The highest BCUT2D eigenvalue weighted by molar-refractivity contribution is 7.92. The van der Waals surface area contributed by atoms with E-state index in [0.29, 0.717) is 42.3 Å². The van der Waals surface area contributed by atoms with E-state index in [2.05, 4.69) is 21.9 Å². The quantitative estimate of drug-likeness (QED) is 0.606. The van der Waals surface area contributed by atoms with Gasteiger partial charge in [0, 0.05) is 19.2 Å². The summed E-state index contributed by atoms with van der Waals surface area (Å²) in [5.41, 5.74) is 1.10. The van der Waals surface area contributed by atoms with Crippen molar-refractivity contribution in [2.45, 2.75) is 30.9 Å². The summed E-state index contributed by atoms with van der Waals surface area (Å²) in [6, 6.07) is 1.63. The van der Waals surface area contributed by atoms with E-state index in [1.54, 1.807) is 13.0 Å². The first-order valence-corrected chi connectivity index (χ1v) is 9.25. The van der Waals surface area contributed by atoms with E-state index in [1.807, 2.05) is 0 Å². The van der Waals surface area contributed by atoms with Crippen LogP contribution in [0.1, 0.15) is 37.7 Å². The van der Waals surface area contributed by atoms with E-state index in [1.165, 1.54) is 0 Å². The van der Waals surface area contributed by atoms with E-state index in [4.69, 9.17) is 10.2 Å². The molecular formula is C15H23N3O4S. The molecule has 0 radical (unpaired) electrons. The van der Waals surface area contributed by atoms with Crippen molar-refractivity contribution in [2.75, 3.05) is 30.8 Å². The third-order valence-corrected chi connectivity index (χ3v) is 6.50. The van der Waals surface area contributed by atoms with Crippen molar-refractivity contribution in [2.24, 2.45) is 0 Å². The maximum atomic E-state index is 12.6. The van der Waals surface area contributed by atoms with Crippen molar-refractivity contribution < 1.29 is 18.6 Å². The number of allylic oxidation sites excluding steroid dienone is 1. The molecule has 7 nitrogen and oxygen atoms in total. The van der Waals surface area contributed by atoms with Gasteiger partial charge in [-0.3, -0.25) is 0 Å². The van der Waals surface area contributed by atoms with Gasteiger partial charge in [-0.05, 0) is 31.8 Å². The second-order valence-corrected chi connectivity index (χ2v) is 8.20. The van der Waals surface area contributed by atoms with Crippen LogP contribution in [-0.2, 0) is 14.6 Å². The Bertz CT molecular complexity index is 684. The standard InChI is InChI=1S/C15H23N3O4S/c1-11(2)14-17-12(10-13(18-14)16-6-8-20)15(4-5-15)23(21,22)9-3-7-19/h10,19-20H,1,3-9H2,2H3,(H,16,17,18). The predicted molar refractivity (Wildman–Crippen MR) is 88.7 cm³/mol. The number of aromatic nitrogens is 2. The zero-order valence-corrected chi connectivity index (χ0v) is 14.1. The second-order valence-electron chi connectivity index (χ2n) is 5.78. The molecule has 1 aliphatic carbocycles. The van der Waals surface area contributed by atoms with Gasteiger partial charge in [-0.1, -0.05) is 6.58 Å². The van der Waals surface area contributed by atoms with Crippen LogP contribution in [0.2, 0.25) is 0 Å². The Morgan fingerprint density at radius 3 is 2.57 bits per heavy atom. The van der Waals surface area contributed by atoms with Crippen LogP contribution < -0.4 is 5.32 Å². The van der Waals surface area contributed by atoms with Gasteiger partial charge in [0.1, 0.15) is 10.6 Å².